The number of rotatable bonds is 7. The molecule has 3 aliphatic carbocycles. The van der Waals surface area contributed by atoms with Gasteiger partial charge in [-0.15, -0.1) is 0 Å². The zero-order chi connectivity index (χ0) is 28.3. The zero-order valence-corrected chi connectivity index (χ0v) is 25.4. The maximum absolute atomic E-state index is 13.9. The van der Waals surface area contributed by atoms with Crippen molar-refractivity contribution < 1.29 is 9.53 Å². The van der Waals surface area contributed by atoms with Gasteiger partial charge in [-0.05, 0) is 79.7 Å². The van der Waals surface area contributed by atoms with E-state index in [1.807, 2.05) is 36.3 Å². The molecular weight excluding hydrogens is 592 g/mol. The highest BCUT2D eigenvalue weighted by Gasteiger charge is 2.61. The van der Waals surface area contributed by atoms with Crippen molar-refractivity contribution >= 4 is 43.8 Å². The number of methoxy groups -OCH3 is 1. The maximum atomic E-state index is 13.9. The van der Waals surface area contributed by atoms with Crippen molar-refractivity contribution in [2.45, 2.75) is 44.8 Å². The quantitative estimate of drug-likeness (QED) is 0.219. The van der Waals surface area contributed by atoms with Crippen LogP contribution in [0.25, 0.3) is 33.5 Å². The zero-order valence-electron chi connectivity index (χ0n) is 23.8. The molecule has 5 aromatic rings. The molecule has 4 heterocycles. The minimum atomic E-state index is 0.115. The Morgan fingerprint density at radius 1 is 1.10 bits per heavy atom. The lowest BCUT2D eigenvalue weighted by Gasteiger charge is -2.52. The average molecular weight is 626 g/mol. The molecule has 0 bridgehead atoms. The van der Waals surface area contributed by atoms with Gasteiger partial charge in [-0.1, -0.05) is 22.0 Å². The van der Waals surface area contributed by atoms with Crippen LogP contribution in [0.1, 0.15) is 41.6 Å². The number of ether oxygens (including phenoxy) is 1. The van der Waals surface area contributed by atoms with Gasteiger partial charge in [0.1, 0.15) is 11.3 Å². The summed E-state index contributed by atoms with van der Waals surface area (Å²) in [4.78, 5) is 21.3. The number of halogens is 1. The highest BCUT2D eigenvalue weighted by atomic mass is 79.9. The van der Waals surface area contributed by atoms with Crippen molar-refractivity contribution in [2.24, 2.45) is 30.7 Å². The number of benzene rings is 2. The molecule has 9 rings (SSSR count). The van der Waals surface area contributed by atoms with Gasteiger partial charge in [0, 0.05) is 58.9 Å². The molecule has 4 atom stereocenters. The van der Waals surface area contributed by atoms with Gasteiger partial charge < -0.3 is 18.8 Å². The number of carbonyl (C=O) groups is 1. The summed E-state index contributed by atoms with van der Waals surface area (Å²) in [5, 5.41) is 5.63. The van der Waals surface area contributed by atoms with Crippen LogP contribution in [0.4, 0.5) is 0 Å². The second kappa shape index (κ2) is 8.96. The van der Waals surface area contributed by atoms with Crippen LogP contribution in [0.5, 0.6) is 5.75 Å². The van der Waals surface area contributed by atoms with Crippen molar-refractivity contribution in [3.63, 3.8) is 0 Å². The highest BCUT2D eigenvalue weighted by Crippen LogP contribution is 2.60. The molecule has 1 amide bonds. The van der Waals surface area contributed by atoms with E-state index in [2.05, 4.69) is 59.3 Å². The smallest absolute Gasteiger partial charge is 0.254 e. The van der Waals surface area contributed by atoms with Crippen LogP contribution in [-0.2, 0) is 20.1 Å². The summed E-state index contributed by atoms with van der Waals surface area (Å²) >= 11 is 3.69. The fourth-order valence-electron chi connectivity index (χ4n) is 8.13. The van der Waals surface area contributed by atoms with Crippen molar-refractivity contribution in [1.29, 1.82) is 0 Å². The SMILES string of the molecule is COc1cc(C(=O)N2CC3CC4CC2[C@H]43)cc2nc(-c3cc4ccc(Br)cc4n3CC3CC3)n(Cc3cnn(C)c3)c12. The molecule has 2 aromatic carbocycles. The monoisotopic (exact) mass is 624 g/mol. The first-order valence-corrected chi connectivity index (χ1v) is 15.9. The predicted octanol–water partition coefficient (Wildman–Crippen LogP) is 6.10. The van der Waals surface area contributed by atoms with Crippen LogP contribution in [-0.4, -0.2) is 54.4 Å². The van der Waals surface area contributed by atoms with Crippen LogP contribution >= 0.6 is 15.9 Å². The van der Waals surface area contributed by atoms with E-state index < -0.39 is 0 Å². The van der Waals surface area contributed by atoms with Gasteiger partial charge in [0.2, 0.25) is 0 Å². The lowest BCUT2D eigenvalue weighted by Crippen LogP contribution is -2.53. The second-order valence-corrected chi connectivity index (χ2v) is 13.9. The summed E-state index contributed by atoms with van der Waals surface area (Å²) in [6.45, 7) is 2.45. The largest absolute Gasteiger partial charge is 0.494 e. The molecular formula is C33H33BrN6O2. The number of hydrogen-bond acceptors (Lipinski definition) is 4. The minimum Gasteiger partial charge on any atom is -0.494 e. The van der Waals surface area contributed by atoms with E-state index in [0.29, 0.717) is 35.7 Å². The molecule has 0 radical (unpaired) electrons. The summed E-state index contributed by atoms with van der Waals surface area (Å²) in [5.41, 5.74) is 5.74. The first-order valence-electron chi connectivity index (χ1n) is 15.1. The van der Waals surface area contributed by atoms with Crippen LogP contribution in [0, 0.1) is 23.7 Å². The van der Waals surface area contributed by atoms with Gasteiger partial charge in [0.25, 0.3) is 5.91 Å². The third kappa shape index (κ3) is 3.68. The number of hydrogen-bond donors (Lipinski definition) is 0. The lowest BCUT2D eigenvalue weighted by molar-refractivity contribution is -0.0204. The molecule has 1 aliphatic heterocycles. The molecule has 1 saturated heterocycles. The summed E-state index contributed by atoms with van der Waals surface area (Å²) < 4.78 is 13.6. The summed E-state index contributed by atoms with van der Waals surface area (Å²) in [7, 11) is 3.63. The third-order valence-corrected chi connectivity index (χ3v) is 10.9. The van der Waals surface area contributed by atoms with Gasteiger partial charge in [0.15, 0.2) is 5.82 Å². The minimum absolute atomic E-state index is 0.115. The Bertz CT molecular complexity index is 1910. The maximum Gasteiger partial charge on any atom is 0.254 e. The number of likely N-dealkylation sites (tertiary alicyclic amines) is 1. The lowest BCUT2D eigenvalue weighted by atomic mass is 9.53. The Labute approximate surface area is 252 Å². The van der Waals surface area contributed by atoms with Gasteiger partial charge >= 0.3 is 0 Å². The topological polar surface area (TPSA) is 70.1 Å². The van der Waals surface area contributed by atoms with E-state index in [1.165, 1.54) is 30.2 Å². The molecule has 3 unspecified atom stereocenters. The van der Waals surface area contributed by atoms with Gasteiger partial charge in [-0.25, -0.2) is 4.98 Å². The standard InChI is InChI=1S/C33H33BrN6O2/c1-37-14-19(13-35-37)16-40-31-25(8-22(11-29(31)42-2)33(41)39-17-23-7-21-10-27(39)30(21)23)36-32(40)28-9-20-5-6-24(34)12-26(20)38(28)15-18-3-4-18/h5-6,8-9,11-14,18,21,23,27,30H,3-4,7,10,15-17H2,1-2H3/t21?,23?,27?,30-/m1/s1. The predicted molar refractivity (Wildman–Crippen MR) is 164 cm³/mol. The number of aryl methyl sites for hydroxylation is 1. The number of amides is 1. The number of nitrogens with zero attached hydrogens (tertiary/aromatic N) is 6. The molecule has 3 aromatic heterocycles. The van der Waals surface area contributed by atoms with Crippen molar-refractivity contribution in [3.05, 3.63) is 64.4 Å². The third-order valence-electron chi connectivity index (χ3n) is 10.4. The Morgan fingerprint density at radius 2 is 1.98 bits per heavy atom. The Balaban J connectivity index is 1.22. The number of imidazole rings is 1. The first-order chi connectivity index (χ1) is 20.4. The molecule has 214 valence electrons. The van der Waals surface area contributed by atoms with Gasteiger partial charge in [-0.2, -0.15) is 5.10 Å². The Kier molecular flexibility index (Phi) is 5.32. The number of aromatic nitrogens is 5. The van der Waals surface area contributed by atoms with Gasteiger partial charge in [-0.3, -0.25) is 9.48 Å². The summed E-state index contributed by atoms with van der Waals surface area (Å²) in [6.07, 6.45) is 8.93. The van der Waals surface area contributed by atoms with E-state index >= 15 is 0 Å². The first kappa shape index (κ1) is 25.0. The molecule has 0 N–H and O–H groups in total. The van der Waals surface area contributed by atoms with Crippen LogP contribution in [0.2, 0.25) is 0 Å². The number of fused-ring (bicyclic) bond motifs is 2. The Morgan fingerprint density at radius 3 is 2.71 bits per heavy atom. The fraction of sp³-hybridized carbons (Fsp3) is 0.424. The molecule has 9 heteroatoms. The molecule has 8 nitrogen and oxygen atoms in total. The van der Waals surface area contributed by atoms with Crippen LogP contribution < -0.4 is 4.74 Å². The molecule has 4 aliphatic rings. The van der Waals surface area contributed by atoms with E-state index in [4.69, 9.17) is 9.72 Å². The number of carbonyl (C=O) groups excluding carboxylic acids is 1. The van der Waals surface area contributed by atoms with Crippen LogP contribution in [0.15, 0.2) is 53.3 Å². The van der Waals surface area contributed by atoms with Crippen molar-refractivity contribution in [2.75, 3.05) is 13.7 Å². The van der Waals surface area contributed by atoms with Crippen molar-refractivity contribution in [1.82, 2.24) is 28.8 Å². The fourth-order valence-corrected chi connectivity index (χ4v) is 8.48. The van der Waals surface area contributed by atoms with Crippen LogP contribution in [0.3, 0.4) is 0 Å². The molecule has 4 fully saturated rings. The van der Waals surface area contributed by atoms with E-state index in [9.17, 15) is 4.79 Å². The highest BCUT2D eigenvalue weighted by molar-refractivity contribution is 9.10. The average Bonchev–Trinajstić information content (AvgIpc) is 3.44. The normalized spacial score (nSPS) is 24.2. The summed E-state index contributed by atoms with van der Waals surface area (Å²) in [6, 6.07) is 13.1. The van der Waals surface area contributed by atoms with E-state index in [1.54, 1.807) is 7.11 Å². The van der Waals surface area contributed by atoms with Crippen molar-refractivity contribution in [3.8, 4) is 17.3 Å². The summed E-state index contributed by atoms with van der Waals surface area (Å²) in [5.74, 6) is 4.65. The molecule has 3 saturated carbocycles. The van der Waals surface area contributed by atoms with E-state index in [0.717, 1.165) is 63.9 Å². The van der Waals surface area contributed by atoms with Gasteiger partial charge in [0.05, 0.1) is 31.1 Å². The van der Waals surface area contributed by atoms with E-state index in [-0.39, 0.29) is 5.91 Å². The second-order valence-electron chi connectivity index (χ2n) is 13.0. The Hall–Kier alpha value is -3.59. The molecule has 42 heavy (non-hydrogen) atoms. The molecule has 0 spiro atoms.